The van der Waals surface area contributed by atoms with Crippen LogP contribution in [0, 0.1) is 0 Å². The summed E-state index contributed by atoms with van der Waals surface area (Å²) in [5.41, 5.74) is 6.28. The van der Waals surface area contributed by atoms with Crippen LogP contribution in [0.25, 0.3) is 11.1 Å². The lowest BCUT2D eigenvalue weighted by Crippen LogP contribution is -2.24. The highest BCUT2D eigenvalue weighted by atomic mass is 16.7. The third-order valence-corrected chi connectivity index (χ3v) is 5.67. The van der Waals surface area contributed by atoms with E-state index in [1.54, 1.807) is 6.92 Å². The average Bonchev–Trinajstić information content (AvgIpc) is 3.02. The first-order chi connectivity index (χ1) is 14.3. The minimum atomic E-state index is -0.544. The standard InChI is InChI=1S/C24H26N2O4/c1-6-24(7-2)21-11-9-8-10-19(21)20-13-12-18(14-22(20)24)23(26-30-17(5)28)15(3)25-29-16(4)27/h8-14H,6-7H2,1-5H3/b25-15+,26-23-. The fraction of sp³-hybridized carbons (Fsp3) is 0.333. The van der Waals surface area contributed by atoms with Gasteiger partial charge in [0.25, 0.3) is 0 Å². The summed E-state index contributed by atoms with van der Waals surface area (Å²) in [4.78, 5) is 32.2. The van der Waals surface area contributed by atoms with E-state index in [1.165, 1.54) is 36.1 Å². The van der Waals surface area contributed by atoms with Gasteiger partial charge in [-0.1, -0.05) is 60.6 Å². The quantitative estimate of drug-likeness (QED) is 0.385. The minimum absolute atomic E-state index is 0.102. The number of nitrogens with zero attached hydrogens (tertiary/aromatic N) is 2. The molecule has 0 atom stereocenters. The van der Waals surface area contributed by atoms with Gasteiger partial charge in [0, 0.05) is 24.8 Å². The maximum atomic E-state index is 11.3. The van der Waals surface area contributed by atoms with Crippen molar-refractivity contribution >= 4 is 23.4 Å². The van der Waals surface area contributed by atoms with Gasteiger partial charge in [-0.3, -0.25) is 0 Å². The summed E-state index contributed by atoms with van der Waals surface area (Å²) in [6.45, 7) is 8.59. The molecule has 0 radical (unpaired) electrons. The molecule has 1 aliphatic rings. The molecule has 2 aromatic carbocycles. The van der Waals surface area contributed by atoms with Crippen LogP contribution < -0.4 is 0 Å². The molecular formula is C24H26N2O4. The zero-order chi connectivity index (χ0) is 21.9. The number of benzene rings is 2. The third-order valence-electron chi connectivity index (χ3n) is 5.67. The lowest BCUT2D eigenvalue weighted by molar-refractivity contribution is -0.142. The predicted molar refractivity (Wildman–Crippen MR) is 116 cm³/mol. The van der Waals surface area contributed by atoms with Crippen LogP contribution in [0.3, 0.4) is 0 Å². The SMILES string of the molecule is CCC1(CC)c2ccccc2-c2ccc(C(=N\OC(C)=O)/C(C)=N/OC(C)=O)cc21. The highest BCUT2D eigenvalue weighted by molar-refractivity contribution is 6.47. The summed E-state index contributed by atoms with van der Waals surface area (Å²) in [5.74, 6) is -1.08. The second-order valence-electron chi connectivity index (χ2n) is 7.38. The van der Waals surface area contributed by atoms with Crippen LogP contribution >= 0.6 is 0 Å². The van der Waals surface area contributed by atoms with Gasteiger partial charge in [-0.05, 0) is 48.1 Å². The van der Waals surface area contributed by atoms with E-state index in [2.05, 4.69) is 60.6 Å². The maximum absolute atomic E-state index is 11.3. The fourth-order valence-electron chi connectivity index (χ4n) is 4.23. The Hall–Kier alpha value is -3.28. The lowest BCUT2D eigenvalue weighted by Gasteiger charge is -2.30. The van der Waals surface area contributed by atoms with Crippen LogP contribution in [0.15, 0.2) is 52.8 Å². The van der Waals surface area contributed by atoms with Crippen molar-refractivity contribution in [3.05, 3.63) is 59.2 Å². The Bertz CT molecular complexity index is 1050. The molecule has 0 amide bonds. The second kappa shape index (κ2) is 8.61. The van der Waals surface area contributed by atoms with Crippen molar-refractivity contribution in [2.75, 3.05) is 0 Å². The van der Waals surface area contributed by atoms with E-state index in [0.29, 0.717) is 11.4 Å². The molecule has 0 spiro atoms. The van der Waals surface area contributed by atoms with Crippen LogP contribution in [0.1, 0.15) is 64.2 Å². The summed E-state index contributed by atoms with van der Waals surface area (Å²) in [5, 5.41) is 7.82. The van der Waals surface area contributed by atoms with E-state index in [1.807, 2.05) is 6.07 Å². The van der Waals surface area contributed by atoms with Crippen molar-refractivity contribution in [2.24, 2.45) is 10.3 Å². The Morgan fingerprint density at radius 1 is 0.833 bits per heavy atom. The largest absolute Gasteiger partial charge is 0.332 e. The molecule has 3 rings (SSSR count). The molecule has 30 heavy (non-hydrogen) atoms. The number of carbonyl (C=O) groups is 2. The van der Waals surface area contributed by atoms with Crippen LogP contribution in [0.2, 0.25) is 0 Å². The minimum Gasteiger partial charge on any atom is -0.318 e. The Kier molecular flexibility index (Phi) is 6.15. The number of oxime groups is 2. The number of hydrogen-bond donors (Lipinski definition) is 0. The van der Waals surface area contributed by atoms with E-state index in [4.69, 9.17) is 9.68 Å². The van der Waals surface area contributed by atoms with Crippen molar-refractivity contribution in [3.8, 4) is 11.1 Å². The van der Waals surface area contributed by atoms with Crippen molar-refractivity contribution < 1.29 is 19.3 Å². The molecule has 2 aromatic rings. The molecule has 6 nitrogen and oxygen atoms in total. The van der Waals surface area contributed by atoms with Crippen LogP contribution in [0.5, 0.6) is 0 Å². The number of fused-ring (bicyclic) bond motifs is 3. The van der Waals surface area contributed by atoms with E-state index in [-0.39, 0.29) is 5.41 Å². The topological polar surface area (TPSA) is 77.3 Å². The normalized spacial score (nSPS) is 14.7. The van der Waals surface area contributed by atoms with Gasteiger partial charge in [-0.15, -0.1) is 0 Å². The molecule has 1 aliphatic carbocycles. The number of carbonyl (C=O) groups excluding carboxylic acids is 2. The molecule has 6 heteroatoms. The van der Waals surface area contributed by atoms with Crippen LogP contribution in [0.4, 0.5) is 0 Å². The zero-order valence-corrected chi connectivity index (χ0v) is 18.0. The molecular weight excluding hydrogens is 380 g/mol. The Labute approximate surface area is 176 Å². The molecule has 0 saturated heterocycles. The van der Waals surface area contributed by atoms with Gasteiger partial charge in [0.2, 0.25) is 0 Å². The first-order valence-electron chi connectivity index (χ1n) is 10.1. The Morgan fingerprint density at radius 2 is 1.43 bits per heavy atom. The van der Waals surface area contributed by atoms with E-state index < -0.39 is 11.9 Å². The van der Waals surface area contributed by atoms with Crippen LogP contribution in [-0.4, -0.2) is 23.4 Å². The van der Waals surface area contributed by atoms with Crippen molar-refractivity contribution in [3.63, 3.8) is 0 Å². The number of hydrogen-bond acceptors (Lipinski definition) is 6. The molecule has 0 heterocycles. The summed E-state index contributed by atoms with van der Waals surface area (Å²) >= 11 is 0. The fourth-order valence-corrected chi connectivity index (χ4v) is 4.23. The van der Waals surface area contributed by atoms with Gasteiger partial charge in [-0.2, -0.15) is 0 Å². The molecule has 0 unspecified atom stereocenters. The Morgan fingerprint density at radius 3 is 2.07 bits per heavy atom. The summed E-state index contributed by atoms with van der Waals surface area (Å²) in [7, 11) is 0. The van der Waals surface area contributed by atoms with Crippen molar-refractivity contribution in [1.29, 1.82) is 0 Å². The van der Waals surface area contributed by atoms with Gasteiger partial charge in [0.05, 0.1) is 0 Å². The maximum Gasteiger partial charge on any atom is 0.332 e. The first kappa shape index (κ1) is 21.4. The lowest BCUT2D eigenvalue weighted by atomic mass is 9.73. The molecule has 0 fully saturated rings. The Balaban J connectivity index is 2.16. The van der Waals surface area contributed by atoms with Gasteiger partial charge in [-0.25, -0.2) is 9.59 Å². The van der Waals surface area contributed by atoms with Gasteiger partial charge >= 0.3 is 11.9 Å². The summed E-state index contributed by atoms with van der Waals surface area (Å²) in [6.07, 6.45) is 1.90. The van der Waals surface area contributed by atoms with E-state index in [0.717, 1.165) is 18.4 Å². The molecule has 0 aromatic heterocycles. The van der Waals surface area contributed by atoms with Gasteiger partial charge in [0.15, 0.2) is 0 Å². The van der Waals surface area contributed by atoms with Crippen molar-refractivity contribution in [2.45, 2.75) is 52.9 Å². The summed E-state index contributed by atoms with van der Waals surface area (Å²) in [6, 6.07) is 14.6. The first-order valence-corrected chi connectivity index (χ1v) is 10.1. The van der Waals surface area contributed by atoms with Gasteiger partial charge < -0.3 is 9.68 Å². The monoisotopic (exact) mass is 406 g/mol. The average molecular weight is 406 g/mol. The third kappa shape index (κ3) is 3.77. The van der Waals surface area contributed by atoms with Crippen molar-refractivity contribution in [1.82, 2.24) is 0 Å². The molecule has 0 saturated carbocycles. The zero-order valence-electron chi connectivity index (χ0n) is 18.0. The predicted octanol–water partition coefficient (Wildman–Crippen LogP) is 4.98. The highest BCUT2D eigenvalue weighted by Crippen LogP contribution is 2.52. The molecule has 0 N–H and O–H groups in total. The molecule has 156 valence electrons. The summed E-state index contributed by atoms with van der Waals surface area (Å²) < 4.78 is 0. The molecule has 0 bridgehead atoms. The second-order valence-corrected chi connectivity index (χ2v) is 7.38. The highest BCUT2D eigenvalue weighted by Gasteiger charge is 2.40. The smallest absolute Gasteiger partial charge is 0.318 e. The number of rotatable bonds is 6. The van der Waals surface area contributed by atoms with Gasteiger partial charge in [0.1, 0.15) is 11.4 Å². The van der Waals surface area contributed by atoms with E-state index in [9.17, 15) is 9.59 Å². The molecule has 0 aliphatic heterocycles. The van der Waals surface area contributed by atoms with Crippen LogP contribution in [-0.2, 0) is 24.7 Å². The van der Waals surface area contributed by atoms with E-state index >= 15 is 0 Å².